The molecule has 0 saturated carbocycles. The highest BCUT2D eigenvalue weighted by atomic mass is 16.5. The molecule has 2 bridgehead atoms. The van der Waals surface area contributed by atoms with Gasteiger partial charge in [0.05, 0.1) is 6.61 Å². The van der Waals surface area contributed by atoms with Crippen molar-refractivity contribution in [1.29, 1.82) is 0 Å². The summed E-state index contributed by atoms with van der Waals surface area (Å²) in [6, 6.07) is 0. The van der Waals surface area contributed by atoms with Crippen molar-refractivity contribution in [2.24, 2.45) is 5.41 Å². The van der Waals surface area contributed by atoms with E-state index < -0.39 is 5.60 Å². The van der Waals surface area contributed by atoms with Crippen LogP contribution in [-0.4, -0.2) is 18.5 Å². The molecule has 0 N–H and O–H groups in total. The molecule has 1 heterocycles. The molecule has 0 fully saturated rings. The molecule has 15 heavy (non-hydrogen) atoms. The zero-order chi connectivity index (χ0) is 10.7. The smallest absolute Gasteiger partial charge is 0.149 e. The second kappa shape index (κ2) is 2.50. The lowest BCUT2D eigenvalue weighted by Crippen LogP contribution is -2.45. The molecule has 0 saturated heterocycles. The number of rotatable bonds is 1. The summed E-state index contributed by atoms with van der Waals surface area (Å²) in [5.74, 6) is 0. The Labute approximate surface area is 89.3 Å². The minimum absolute atomic E-state index is 0.0155. The van der Waals surface area contributed by atoms with Crippen molar-refractivity contribution in [2.45, 2.75) is 25.9 Å². The fourth-order valence-electron chi connectivity index (χ4n) is 3.29. The first-order chi connectivity index (χ1) is 7.11. The maximum absolute atomic E-state index is 11.2. The lowest BCUT2D eigenvalue weighted by Gasteiger charge is -2.47. The third kappa shape index (κ3) is 0.907. The number of ether oxygens (including phenoxy) is 1. The Morgan fingerprint density at radius 2 is 2.27 bits per heavy atom. The van der Waals surface area contributed by atoms with Gasteiger partial charge in [-0.25, -0.2) is 0 Å². The Kier molecular flexibility index (Phi) is 1.52. The maximum Gasteiger partial charge on any atom is 0.149 e. The number of hydrogen-bond donors (Lipinski definition) is 0. The summed E-state index contributed by atoms with van der Waals surface area (Å²) < 4.78 is 5.83. The summed E-state index contributed by atoms with van der Waals surface area (Å²) in [5, 5.41) is 0. The van der Waals surface area contributed by atoms with Crippen LogP contribution in [0.2, 0.25) is 0 Å². The van der Waals surface area contributed by atoms with Crippen LogP contribution in [0.4, 0.5) is 0 Å². The SMILES string of the molecule is CC1=CC2(C)C=C(C=O)C13OCC=C3C2. The van der Waals surface area contributed by atoms with Gasteiger partial charge in [-0.1, -0.05) is 25.2 Å². The number of allylic oxidation sites excluding steroid dienone is 2. The van der Waals surface area contributed by atoms with Gasteiger partial charge in [0.15, 0.2) is 0 Å². The van der Waals surface area contributed by atoms with Crippen LogP contribution in [0.5, 0.6) is 0 Å². The molecule has 2 atom stereocenters. The number of aldehydes is 1. The summed E-state index contributed by atoms with van der Waals surface area (Å²) in [6.07, 6.45) is 8.37. The van der Waals surface area contributed by atoms with Crippen LogP contribution in [-0.2, 0) is 9.53 Å². The minimum atomic E-state index is -0.487. The summed E-state index contributed by atoms with van der Waals surface area (Å²) in [7, 11) is 0. The van der Waals surface area contributed by atoms with Gasteiger partial charge in [0.25, 0.3) is 0 Å². The quantitative estimate of drug-likeness (QED) is 0.481. The van der Waals surface area contributed by atoms with Gasteiger partial charge in [0, 0.05) is 11.0 Å². The van der Waals surface area contributed by atoms with Crippen LogP contribution in [0, 0.1) is 5.41 Å². The van der Waals surface area contributed by atoms with E-state index in [-0.39, 0.29) is 5.41 Å². The Hall–Kier alpha value is -1.15. The summed E-state index contributed by atoms with van der Waals surface area (Å²) >= 11 is 0. The van der Waals surface area contributed by atoms with E-state index in [1.807, 2.05) is 0 Å². The summed E-state index contributed by atoms with van der Waals surface area (Å²) in [4.78, 5) is 11.2. The fraction of sp³-hybridized carbons (Fsp3) is 0.462. The van der Waals surface area contributed by atoms with Crippen molar-refractivity contribution >= 4 is 6.29 Å². The Morgan fingerprint density at radius 1 is 1.47 bits per heavy atom. The van der Waals surface area contributed by atoms with Gasteiger partial charge in [-0.2, -0.15) is 0 Å². The predicted octanol–water partition coefficient (Wildman–Crippen LogP) is 2.18. The molecule has 0 amide bonds. The molecule has 0 aromatic carbocycles. The average Bonchev–Trinajstić information content (AvgIpc) is 2.59. The normalized spacial score (nSPS) is 41.9. The first kappa shape index (κ1) is 9.10. The minimum Gasteiger partial charge on any atom is -0.357 e. The van der Waals surface area contributed by atoms with E-state index in [9.17, 15) is 4.79 Å². The molecule has 0 aromatic heterocycles. The molecule has 3 aliphatic carbocycles. The van der Waals surface area contributed by atoms with Crippen molar-refractivity contribution < 1.29 is 9.53 Å². The van der Waals surface area contributed by atoms with Crippen LogP contribution in [0.1, 0.15) is 20.3 Å². The van der Waals surface area contributed by atoms with E-state index >= 15 is 0 Å². The van der Waals surface area contributed by atoms with Gasteiger partial charge in [0.2, 0.25) is 0 Å². The highest BCUT2D eigenvalue weighted by Gasteiger charge is 2.52. The van der Waals surface area contributed by atoms with E-state index in [0.717, 1.165) is 18.3 Å². The van der Waals surface area contributed by atoms with Crippen LogP contribution < -0.4 is 0 Å². The van der Waals surface area contributed by atoms with Gasteiger partial charge in [-0.05, 0) is 24.5 Å². The van der Waals surface area contributed by atoms with E-state index in [1.165, 1.54) is 11.1 Å². The summed E-state index contributed by atoms with van der Waals surface area (Å²) in [5.41, 5.74) is 2.76. The molecule has 1 spiro atoms. The lowest BCUT2D eigenvalue weighted by atomic mass is 9.60. The highest BCUT2D eigenvalue weighted by Crippen LogP contribution is 2.55. The van der Waals surface area contributed by atoms with Crippen LogP contribution >= 0.6 is 0 Å². The van der Waals surface area contributed by atoms with E-state index in [1.54, 1.807) is 0 Å². The number of carbonyl (C=O) groups is 1. The summed E-state index contributed by atoms with van der Waals surface area (Å²) in [6.45, 7) is 4.86. The van der Waals surface area contributed by atoms with Crippen molar-refractivity contribution in [1.82, 2.24) is 0 Å². The Bertz CT molecular complexity index is 441. The van der Waals surface area contributed by atoms with Gasteiger partial charge >= 0.3 is 0 Å². The third-order valence-electron chi connectivity index (χ3n) is 3.77. The van der Waals surface area contributed by atoms with Gasteiger partial charge < -0.3 is 4.74 Å². The maximum atomic E-state index is 11.2. The van der Waals surface area contributed by atoms with Gasteiger partial charge in [-0.3, -0.25) is 4.79 Å². The third-order valence-corrected chi connectivity index (χ3v) is 3.77. The molecule has 0 aromatic rings. The Morgan fingerprint density at radius 3 is 3.00 bits per heavy atom. The molecule has 2 heteroatoms. The molecular formula is C13H14O2. The van der Waals surface area contributed by atoms with Gasteiger partial charge in [-0.15, -0.1) is 0 Å². The van der Waals surface area contributed by atoms with Crippen LogP contribution in [0.3, 0.4) is 0 Å². The molecule has 2 nitrogen and oxygen atoms in total. The predicted molar refractivity (Wildman–Crippen MR) is 57.4 cm³/mol. The van der Waals surface area contributed by atoms with Crippen molar-refractivity contribution in [3.05, 3.63) is 34.9 Å². The van der Waals surface area contributed by atoms with Gasteiger partial charge in [0.1, 0.15) is 11.9 Å². The zero-order valence-corrected chi connectivity index (χ0v) is 9.04. The number of hydrogen-bond acceptors (Lipinski definition) is 2. The van der Waals surface area contributed by atoms with Crippen molar-refractivity contribution in [3.63, 3.8) is 0 Å². The van der Waals surface area contributed by atoms with E-state index in [2.05, 4.69) is 32.1 Å². The number of carbonyl (C=O) groups excluding carboxylic acids is 1. The molecule has 78 valence electrons. The second-order valence-electron chi connectivity index (χ2n) is 4.95. The van der Waals surface area contributed by atoms with E-state index in [0.29, 0.717) is 6.61 Å². The standard InChI is InChI=1S/C13H14O2/c1-9-5-12(2)6-10-3-4-15-13(9,10)11(7-12)8-14/h3,5,7-8H,4,6H2,1-2H3. The Balaban J connectivity index is 2.29. The zero-order valence-electron chi connectivity index (χ0n) is 9.04. The molecule has 4 rings (SSSR count). The largest absolute Gasteiger partial charge is 0.357 e. The molecule has 0 radical (unpaired) electrons. The van der Waals surface area contributed by atoms with Crippen LogP contribution in [0.15, 0.2) is 34.9 Å². The highest BCUT2D eigenvalue weighted by molar-refractivity contribution is 5.83. The van der Waals surface area contributed by atoms with E-state index in [4.69, 9.17) is 4.74 Å². The lowest BCUT2D eigenvalue weighted by molar-refractivity contribution is -0.106. The monoisotopic (exact) mass is 202 g/mol. The van der Waals surface area contributed by atoms with Crippen molar-refractivity contribution in [2.75, 3.05) is 6.61 Å². The topological polar surface area (TPSA) is 26.3 Å². The van der Waals surface area contributed by atoms with Crippen LogP contribution in [0.25, 0.3) is 0 Å². The second-order valence-corrected chi connectivity index (χ2v) is 4.95. The first-order valence-corrected chi connectivity index (χ1v) is 5.33. The molecule has 1 aliphatic heterocycles. The first-order valence-electron chi connectivity index (χ1n) is 5.33. The molecule has 4 aliphatic rings. The average molecular weight is 202 g/mol. The fourth-order valence-corrected chi connectivity index (χ4v) is 3.29. The van der Waals surface area contributed by atoms with Crippen molar-refractivity contribution in [3.8, 4) is 0 Å². The molecular weight excluding hydrogens is 188 g/mol. The molecule has 2 unspecified atom stereocenters.